The molecule has 1 saturated carbocycles. The van der Waals surface area contributed by atoms with E-state index in [0.29, 0.717) is 11.9 Å². The molecule has 0 aliphatic heterocycles. The minimum Gasteiger partial charge on any atom is -0.378 e. The van der Waals surface area contributed by atoms with Gasteiger partial charge in [0.25, 0.3) is 0 Å². The molecular formula is C14H24ClN5O. The molecule has 21 heavy (non-hydrogen) atoms. The van der Waals surface area contributed by atoms with Gasteiger partial charge in [0.15, 0.2) is 0 Å². The Hall–Kier alpha value is -1.14. The number of aromatic nitrogens is 3. The molecule has 0 aromatic carbocycles. The third kappa shape index (κ3) is 3.74. The Morgan fingerprint density at radius 3 is 2.57 bits per heavy atom. The molecule has 0 amide bonds. The van der Waals surface area contributed by atoms with Crippen LogP contribution in [0.5, 0.6) is 0 Å². The van der Waals surface area contributed by atoms with E-state index in [-0.39, 0.29) is 22.8 Å². The Bertz CT molecular complexity index is 482. The highest BCUT2D eigenvalue weighted by atomic mass is 35.5. The van der Waals surface area contributed by atoms with E-state index in [9.17, 15) is 0 Å². The molecule has 7 heteroatoms. The second-order valence-corrected chi connectivity index (χ2v) is 6.21. The van der Waals surface area contributed by atoms with Gasteiger partial charge in [-0.15, -0.1) is 0 Å². The zero-order valence-electron chi connectivity index (χ0n) is 13.1. The van der Waals surface area contributed by atoms with E-state index < -0.39 is 0 Å². The molecule has 1 aliphatic rings. The van der Waals surface area contributed by atoms with Gasteiger partial charge in [-0.2, -0.15) is 15.0 Å². The van der Waals surface area contributed by atoms with E-state index in [1.54, 1.807) is 0 Å². The first kappa shape index (κ1) is 16.2. The van der Waals surface area contributed by atoms with Crippen molar-refractivity contribution in [2.24, 2.45) is 5.41 Å². The quantitative estimate of drug-likeness (QED) is 0.806. The fourth-order valence-electron chi connectivity index (χ4n) is 2.50. The normalized spacial score (nSPS) is 23.5. The highest BCUT2D eigenvalue weighted by molar-refractivity contribution is 6.28. The van der Waals surface area contributed by atoms with E-state index in [1.807, 2.05) is 6.92 Å². The van der Waals surface area contributed by atoms with Gasteiger partial charge in [-0.1, -0.05) is 20.8 Å². The molecule has 1 aliphatic carbocycles. The van der Waals surface area contributed by atoms with Crippen molar-refractivity contribution in [3.8, 4) is 0 Å². The Kier molecular flexibility index (Phi) is 5.22. The lowest BCUT2D eigenvalue weighted by molar-refractivity contribution is -0.0977. The zero-order chi connectivity index (χ0) is 15.5. The number of rotatable bonds is 7. The molecule has 1 aromatic rings. The maximum Gasteiger partial charge on any atom is 0.229 e. The summed E-state index contributed by atoms with van der Waals surface area (Å²) < 4.78 is 5.73. The van der Waals surface area contributed by atoms with Crippen LogP contribution in [-0.4, -0.2) is 40.2 Å². The van der Waals surface area contributed by atoms with Gasteiger partial charge >= 0.3 is 0 Å². The summed E-state index contributed by atoms with van der Waals surface area (Å²) in [7, 11) is 0. The average Bonchev–Trinajstić information content (AvgIpc) is 2.43. The Morgan fingerprint density at radius 2 is 1.95 bits per heavy atom. The second kappa shape index (κ2) is 6.75. The predicted octanol–water partition coefficient (Wildman–Crippen LogP) is 2.96. The molecule has 0 bridgehead atoms. The first-order valence-corrected chi connectivity index (χ1v) is 7.88. The Morgan fingerprint density at radius 1 is 1.24 bits per heavy atom. The van der Waals surface area contributed by atoms with Crippen LogP contribution in [0.15, 0.2) is 0 Å². The van der Waals surface area contributed by atoms with Crippen LogP contribution in [0.3, 0.4) is 0 Å². The molecule has 118 valence electrons. The van der Waals surface area contributed by atoms with Crippen LogP contribution in [0.25, 0.3) is 0 Å². The van der Waals surface area contributed by atoms with Crippen LogP contribution in [0.2, 0.25) is 5.28 Å². The van der Waals surface area contributed by atoms with Crippen molar-refractivity contribution < 1.29 is 4.74 Å². The molecule has 0 spiro atoms. The molecule has 0 radical (unpaired) electrons. The minimum atomic E-state index is 0.0477. The van der Waals surface area contributed by atoms with E-state index in [2.05, 4.69) is 46.4 Å². The highest BCUT2D eigenvalue weighted by Gasteiger charge is 2.49. The van der Waals surface area contributed by atoms with Crippen LogP contribution in [-0.2, 0) is 4.74 Å². The number of hydrogen-bond acceptors (Lipinski definition) is 6. The van der Waals surface area contributed by atoms with Crippen LogP contribution in [0, 0.1) is 5.41 Å². The van der Waals surface area contributed by atoms with Gasteiger partial charge in [0.1, 0.15) is 0 Å². The number of nitrogens with zero attached hydrogens (tertiary/aromatic N) is 3. The molecular weight excluding hydrogens is 290 g/mol. The van der Waals surface area contributed by atoms with E-state index >= 15 is 0 Å². The van der Waals surface area contributed by atoms with E-state index in [4.69, 9.17) is 16.3 Å². The van der Waals surface area contributed by atoms with Crippen LogP contribution in [0.4, 0.5) is 11.9 Å². The fraction of sp³-hybridized carbons (Fsp3) is 0.786. The second-order valence-electron chi connectivity index (χ2n) is 5.88. The van der Waals surface area contributed by atoms with Gasteiger partial charge < -0.3 is 15.4 Å². The molecule has 0 saturated heterocycles. The summed E-state index contributed by atoms with van der Waals surface area (Å²) in [5.41, 5.74) is 0.0477. The lowest BCUT2D eigenvalue weighted by atomic mass is 9.64. The van der Waals surface area contributed by atoms with Crippen molar-refractivity contribution in [3.63, 3.8) is 0 Å². The standard InChI is InChI=1S/C14H24ClN5O/c1-5-7-16-12-18-11(15)19-13(20-12)17-9-8-10(21-6-2)14(9,3)4/h9-10H,5-8H2,1-4H3,(H2,16,17,18,19,20). The predicted molar refractivity (Wildman–Crippen MR) is 84.8 cm³/mol. The lowest BCUT2D eigenvalue weighted by Crippen LogP contribution is -2.58. The number of anilines is 2. The van der Waals surface area contributed by atoms with Crippen molar-refractivity contribution in [1.29, 1.82) is 0 Å². The summed E-state index contributed by atoms with van der Waals surface area (Å²) in [6.45, 7) is 10.0. The molecule has 6 nitrogen and oxygen atoms in total. The van der Waals surface area contributed by atoms with Crippen molar-refractivity contribution in [1.82, 2.24) is 15.0 Å². The monoisotopic (exact) mass is 313 g/mol. The first-order valence-electron chi connectivity index (χ1n) is 7.51. The molecule has 2 rings (SSSR count). The fourth-order valence-corrected chi connectivity index (χ4v) is 2.66. The van der Waals surface area contributed by atoms with Gasteiger partial charge in [-0.3, -0.25) is 0 Å². The highest BCUT2D eigenvalue weighted by Crippen LogP contribution is 2.44. The smallest absolute Gasteiger partial charge is 0.229 e. The summed E-state index contributed by atoms with van der Waals surface area (Å²) in [5, 5.41) is 6.67. The third-order valence-corrected chi connectivity index (χ3v) is 4.16. The summed E-state index contributed by atoms with van der Waals surface area (Å²) in [5.74, 6) is 1.03. The maximum atomic E-state index is 5.96. The van der Waals surface area contributed by atoms with Crippen LogP contribution in [0.1, 0.15) is 40.5 Å². The number of halogens is 1. The summed E-state index contributed by atoms with van der Waals surface area (Å²) in [6.07, 6.45) is 2.22. The molecule has 1 fully saturated rings. The van der Waals surface area contributed by atoms with Gasteiger partial charge in [0.05, 0.1) is 6.10 Å². The number of ether oxygens (including phenoxy) is 1. The molecule has 1 aromatic heterocycles. The molecule has 2 N–H and O–H groups in total. The zero-order valence-corrected chi connectivity index (χ0v) is 13.9. The van der Waals surface area contributed by atoms with Gasteiger partial charge in [0, 0.05) is 24.6 Å². The lowest BCUT2D eigenvalue weighted by Gasteiger charge is -2.51. The third-order valence-electron chi connectivity index (χ3n) is 3.99. The number of hydrogen-bond donors (Lipinski definition) is 2. The van der Waals surface area contributed by atoms with Crippen molar-refractivity contribution in [2.45, 2.75) is 52.7 Å². The van der Waals surface area contributed by atoms with Gasteiger partial charge in [-0.05, 0) is 31.4 Å². The van der Waals surface area contributed by atoms with E-state index in [0.717, 1.165) is 26.0 Å². The van der Waals surface area contributed by atoms with Crippen LogP contribution >= 0.6 is 11.6 Å². The van der Waals surface area contributed by atoms with Crippen molar-refractivity contribution in [2.75, 3.05) is 23.8 Å². The molecule has 1 heterocycles. The molecule has 2 unspecified atom stereocenters. The molecule has 2 atom stereocenters. The summed E-state index contributed by atoms with van der Waals surface area (Å²) in [4.78, 5) is 12.6. The first-order chi connectivity index (χ1) is 9.97. The van der Waals surface area contributed by atoms with Crippen molar-refractivity contribution in [3.05, 3.63) is 5.28 Å². The Balaban J connectivity index is 2.02. The van der Waals surface area contributed by atoms with Crippen LogP contribution < -0.4 is 10.6 Å². The van der Waals surface area contributed by atoms with Gasteiger partial charge in [-0.25, -0.2) is 0 Å². The largest absolute Gasteiger partial charge is 0.378 e. The topological polar surface area (TPSA) is 72.0 Å². The summed E-state index contributed by atoms with van der Waals surface area (Å²) in [6, 6.07) is 0.270. The van der Waals surface area contributed by atoms with Gasteiger partial charge in [0.2, 0.25) is 17.2 Å². The average molecular weight is 314 g/mol. The Labute approximate surface area is 131 Å². The minimum absolute atomic E-state index is 0.0477. The summed E-state index contributed by atoms with van der Waals surface area (Å²) >= 11 is 5.96. The SMILES string of the molecule is CCCNc1nc(Cl)nc(NC2CC(OCC)C2(C)C)n1. The maximum absolute atomic E-state index is 5.96. The van der Waals surface area contributed by atoms with E-state index in [1.165, 1.54) is 0 Å². The van der Waals surface area contributed by atoms with Crippen molar-refractivity contribution >= 4 is 23.5 Å². The number of nitrogens with one attached hydrogen (secondary N) is 2.